The quantitative estimate of drug-likeness (QED) is 0.792. The number of carbonyl (C=O) groups is 2. The fourth-order valence-corrected chi connectivity index (χ4v) is 2.51. The summed E-state index contributed by atoms with van der Waals surface area (Å²) in [4.78, 5) is 25.5. The topological polar surface area (TPSA) is 65.1 Å². The third kappa shape index (κ3) is 3.69. The molecule has 130 valence electrons. The zero-order valence-corrected chi connectivity index (χ0v) is 14.7. The van der Waals surface area contributed by atoms with Crippen LogP contribution in [0.4, 0.5) is 4.79 Å². The van der Waals surface area contributed by atoms with Gasteiger partial charge in [0.2, 0.25) is 0 Å². The molecule has 0 spiro atoms. The van der Waals surface area contributed by atoms with E-state index in [0.717, 1.165) is 5.56 Å². The molecule has 1 heterocycles. The normalized spacial score (nSPS) is 18.0. The molecular formula is C18H23NO5. The lowest BCUT2D eigenvalue weighted by molar-refractivity contribution is -0.125. The molecule has 1 atom stereocenters. The van der Waals surface area contributed by atoms with Gasteiger partial charge in [-0.2, -0.15) is 0 Å². The number of methoxy groups -OCH3 is 2. The first-order chi connectivity index (χ1) is 11.3. The summed E-state index contributed by atoms with van der Waals surface area (Å²) in [5.41, 5.74) is 0.514. The van der Waals surface area contributed by atoms with Crippen LogP contribution in [0.1, 0.15) is 26.3 Å². The maximum Gasteiger partial charge on any atom is 0.417 e. The number of cyclic esters (lactones) is 1. The van der Waals surface area contributed by atoms with Crippen molar-refractivity contribution in [3.8, 4) is 11.5 Å². The van der Waals surface area contributed by atoms with Gasteiger partial charge in [-0.15, -0.1) is 0 Å². The second-order valence-electron chi connectivity index (χ2n) is 6.61. The molecule has 1 aromatic rings. The Hall–Kier alpha value is -2.50. The molecule has 6 nitrogen and oxygen atoms in total. The number of nitrogens with zero attached hydrogens (tertiary/aromatic N) is 1. The molecule has 1 aromatic carbocycles. The molecule has 0 aromatic heterocycles. The summed E-state index contributed by atoms with van der Waals surface area (Å²) in [6.45, 7) is 6.13. The summed E-state index contributed by atoms with van der Waals surface area (Å²) in [6.07, 6.45) is 2.40. The van der Waals surface area contributed by atoms with E-state index in [1.165, 1.54) is 11.0 Å². The number of hydrogen-bond acceptors (Lipinski definition) is 5. The van der Waals surface area contributed by atoms with Crippen molar-refractivity contribution < 1.29 is 23.8 Å². The Bertz CT molecular complexity index is 660. The van der Waals surface area contributed by atoms with E-state index in [0.29, 0.717) is 11.5 Å². The average Bonchev–Trinajstić information content (AvgIpc) is 2.94. The molecule has 0 saturated carbocycles. The predicted molar refractivity (Wildman–Crippen MR) is 90.0 cm³/mol. The van der Waals surface area contributed by atoms with Crippen molar-refractivity contribution in [3.63, 3.8) is 0 Å². The number of hydrogen-bond donors (Lipinski definition) is 0. The van der Waals surface area contributed by atoms with Crippen molar-refractivity contribution in [2.24, 2.45) is 5.41 Å². The second kappa shape index (κ2) is 6.95. The molecule has 2 amide bonds. The number of amides is 2. The average molecular weight is 333 g/mol. The van der Waals surface area contributed by atoms with Crippen LogP contribution in [-0.2, 0) is 9.53 Å². The number of ether oxygens (including phenoxy) is 3. The third-order valence-electron chi connectivity index (χ3n) is 3.94. The maximum atomic E-state index is 12.4. The van der Waals surface area contributed by atoms with E-state index < -0.39 is 12.0 Å². The van der Waals surface area contributed by atoms with Crippen molar-refractivity contribution in [2.45, 2.75) is 26.8 Å². The van der Waals surface area contributed by atoms with Gasteiger partial charge in [0.15, 0.2) is 11.5 Å². The highest BCUT2D eigenvalue weighted by Crippen LogP contribution is 2.30. The molecule has 0 bridgehead atoms. The number of benzene rings is 1. The summed E-state index contributed by atoms with van der Waals surface area (Å²) in [7, 11) is 3.10. The van der Waals surface area contributed by atoms with E-state index >= 15 is 0 Å². The Kier molecular flexibility index (Phi) is 5.17. The molecule has 0 N–H and O–H groups in total. The van der Waals surface area contributed by atoms with Crippen molar-refractivity contribution in [1.82, 2.24) is 4.90 Å². The van der Waals surface area contributed by atoms with Crippen molar-refractivity contribution in [1.29, 1.82) is 0 Å². The van der Waals surface area contributed by atoms with Gasteiger partial charge in [0.1, 0.15) is 6.61 Å². The fraction of sp³-hybridized carbons (Fsp3) is 0.444. The second-order valence-corrected chi connectivity index (χ2v) is 6.61. The predicted octanol–water partition coefficient (Wildman–Crippen LogP) is 3.11. The van der Waals surface area contributed by atoms with Gasteiger partial charge in [0.25, 0.3) is 5.91 Å². The molecule has 1 aliphatic rings. The van der Waals surface area contributed by atoms with Gasteiger partial charge in [-0.1, -0.05) is 26.8 Å². The van der Waals surface area contributed by atoms with E-state index in [-0.39, 0.29) is 18.1 Å². The molecule has 24 heavy (non-hydrogen) atoms. The van der Waals surface area contributed by atoms with Crippen molar-refractivity contribution >= 4 is 18.1 Å². The van der Waals surface area contributed by atoms with Gasteiger partial charge in [-0.05, 0) is 29.2 Å². The fourth-order valence-electron chi connectivity index (χ4n) is 2.51. The smallest absolute Gasteiger partial charge is 0.417 e. The Morgan fingerprint density at radius 1 is 1.25 bits per heavy atom. The van der Waals surface area contributed by atoms with Crippen LogP contribution in [0.2, 0.25) is 0 Å². The van der Waals surface area contributed by atoms with Gasteiger partial charge >= 0.3 is 6.09 Å². The zero-order chi connectivity index (χ0) is 17.9. The summed E-state index contributed by atoms with van der Waals surface area (Å²) in [5, 5.41) is 0. The monoisotopic (exact) mass is 333 g/mol. The highest BCUT2D eigenvalue weighted by molar-refractivity contribution is 6.02. The molecule has 0 unspecified atom stereocenters. The Labute approximate surface area is 142 Å². The minimum atomic E-state index is -0.600. The Morgan fingerprint density at radius 3 is 2.50 bits per heavy atom. The van der Waals surface area contributed by atoms with Gasteiger partial charge in [0.05, 0.1) is 20.3 Å². The van der Waals surface area contributed by atoms with Gasteiger partial charge < -0.3 is 14.2 Å². The van der Waals surface area contributed by atoms with Crippen LogP contribution in [0.25, 0.3) is 6.08 Å². The van der Waals surface area contributed by atoms with Crippen LogP contribution in [0.3, 0.4) is 0 Å². The zero-order valence-electron chi connectivity index (χ0n) is 14.7. The van der Waals surface area contributed by atoms with Crippen LogP contribution < -0.4 is 9.47 Å². The molecule has 1 fully saturated rings. The van der Waals surface area contributed by atoms with E-state index in [9.17, 15) is 9.59 Å². The lowest BCUT2D eigenvalue weighted by Gasteiger charge is -2.30. The molecule has 0 radical (unpaired) electrons. The highest BCUT2D eigenvalue weighted by atomic mass is 16.6. The lowest BCUT2D eigenvalue weighted by Crippen LogP contribution is -2.45. The van der Waals surface area contributed by atoms with Crippen LogP contribution in [0.15, 0.2) is 24.3 Å². The summed E-state index contributed by atoms with van der Waals surface area (Å²) in [6, 6.07) is 5.03. The lowest BCUT2D eigenvalue weighted by atomic mass is 9.86. The standard InChI is InChI=1S/C18H23NO5/c1-18(2,3)15-11-24-17(21)19(15)16(20)9-7-12-6-8-13(22-4)14(10-12)23-5/h6-10,15H,11H2,1-5H3/b9-7+/t15-/m1/s1. The first-order valence-electron chi connectivity index (χ1n) is 7.68. The minimum absolute atomic E-state index is 0.221. The molecule has 6 heteroatoms. The minimum Gasteiger partial charge on any atom is -0.493 e. The third-order valence-corrected chi connectivity index (χ3v) is 3.94. The van der Waals surface area contributed by atoms with Gasteiger partial charge in [0, 0.05) is 6.08 Å². The first kappa shape index (κ1) is 17.8. The van der Waals surface area contributed by atoms with Crippen LogP contribution in [0, 0.1) is 5.41 Å². The maximum absolute atomic E-state index is 12.4. The van der Waals surface area contributed by atoms with E-state index in [2.05, 4.69) is 0 Å². The molecular weight excluding hydrogens is 310 g/mol. The van der Waals surface area contributed by atoms with E-state index in [1.807, 2.05) is 20.8 Å². The van der Waals surface area contributed by atoms with Crippen molar-refractivity contribution in [3.05, 3.63) is 29.8 Å². The summed E-state index contributed by atoms with van der Waals surface area (Å²) < 4.78 is 15.5. The number of rotatable bonds is 4. The SMILES string of the molecule is COc1ccc(/C=C/C(=O)N2C(=O)OC[C@@H]2C(C)(C)C)cc1OC. The number of imide groups is 1. The molecule has 1 saturated heterocycles. The number of carbonyl (C=O) groups excluding carboxylic acids is 2. The molecule has 0 aliphatic carbocycles. The highest BCUT2D eigenvalue weighted by Gasteiger charge is 2.43. The molecule has 2 rings (SSSR count). The van der Waals surface area contributed by atoms with E-state index in [1.54, 1.807) is 38.5 Å². The molecule has 1 aliphatic heterocycles. The van der Waals surface area contributed by atoms with Crippen LogP contribution in [0.5, 0.6) is 11.5 Å². The van der Waals surface area contributed by atoms with Crippen LogP contribution >= 0.6 is 0 Å². The van der Waals surface area contributed by atoms with Gasteiger partial charge in [-0.3, -0.25) is 4.79 Å². The van der Waals surface area contributed by atoms with Crippen LogP contribution in [-0.4, -0.2) is 43.8 Å². The van der Waals surface area contributed by atoms with Crippen molar-refractivity contribution in [2.75, 3.05) is 20.8 Å². The summed E-state index contributed by atoms with van der Waals surface area (Å²) in [5.74, 6) is 0.782. The first-order valence-corrected chi connectivity index (χ1v) is 7.68. The Morgan fingerprint density at radius 2 is 1.92 bits per heavy atom. The largest absolute Gasteiger partial charge is 0.493 e. The van der Waals surface area contributed by atoms with Gasteiger partial charge in [-0.25, -0.2) is 9.69 Å². The van der Waals surface area contributed by atoms with E-state index in [4.69, 9.17) is 14.2 Å². The summed E-state index contributed by atoms with van der Waals surface area (Å²) >= 11 is 0. The Balaban J connectivity index is 2.19.